The van der Waals surface area contributed by atoms with Crippen LogP contribution >= 0.6 is 0 Å². The number of hydrogen-bond acceptors (Lipinski definition) is 6. The van der Waals surface area contributed by atoms with Crippen LogP contribution in [0.1, 0.15) is 40.3 Å². The second kappa shape index (κ2) is 12.6. The second-order valence-corrected chi connectivity index (χ2v) is 11.6. The minimum absolute atomic E-state index is 0.0798. The number of hydrogen-bond donors (Lipinski definition) is 3. The highest BCUT2D eigenvalue weighted by atomic mass is 19.4. The van der Waals surface area contributed by atoms with Crippen molar-refractivity contribution in [3.05, 3.63) is 88.6 Å². The Kier molecular flexibility index (Phi) is 8.58. The first-order chi connectivity index (χ1) is 22.1. The SMILES string of the molecule is COc1ccc2c(c1)C1(CC1c1ccc3c(/C=C/c4ccc(CCN5CCOCC5)cc4)n[nH]c3c1)C(=O)N2.O=C(O)C(F)(F)F. The molecule has 2 atom stereocenters. The number of amides is 1. The summed E-state index contributed by atoms with van der Waals surface area (Å²) in [6.07, 6.45) is 0.943. The van der Waals surface area contributed by atoms with Crippen molar-refractivity contribution in [3.8, 4) is 5.75 Å². The van der Waals surface area contributed by atoms with Gasteiger partial charge in [0.15, 0.2) is 0 Å². The minimum Gasteiger partial charge on any atom is -0.497 e. The zero-order chi connectivity index (χ0) is 32.5. The Morgan fingerprint density at radius 3 is 2.54 bits per heavy atom. The van der Waals surface area contributed by atoms with Crippen LogP contribution in [0.5, 0.6) is 5.75 Å². The lowest BCUT2D eigenvalue weighted by molar-refractivity contribution is -0.192. The van der Waals surface area contributed by atoms with Crippen molar-refractivity contribution in [3.63, 3.8) is 0 Å². The fourth-order valence-corrected chi connectivity index (χ4v) is 6.18. The molecule has 2 aliphatic heterocycles. The molecule has 1 spiro atoms. The van der Waals surface area contributed by atoms with Gasteiger partial charge in [0.25, 0.3) is 0 Å². The van der Waals surface area contributed by atoms with E-state index in [1.807, 2.05) is 18.2 Å². The lowest BCUT2D eigenvalue weighted by atomic mass is 9.91. The van der Waals surface area contributed by atoms with E-state index in [-0.39, 0.29) is 11.8 Å². The number of nitrogens with zero attached hydrogens (tertiary/aromatic N) is 2. The van der Waals surface area contributed by atoms with Crippen LogP contribution < -0.4 is 10.1 Å². The van der Waals surface area contributed by atoms with Gasteiger partial charge in [-0.05, 0) is 65.4 Å². The summed E-state index contributed by atoms with van der Waals surface area (Å²) in [5, 5.41) is 19.0. The van der Waals surface area contributed by atoms with Crippen molar-refractivity contribution >= 4 is 40.6 Å². The number of anilines is 1. The summed E-state index contributed by atoms with van der Waals surface area (Å²) in [6, 6.07) is 21.0. The molecule has 12 heteroatoms. The van der Waals surface area contributed by atoms with Crippen LogP contribution in [0.3, 0.4) is 0 Å². The molecule has 2 unspecified atom stereocenters. The lowest BCUT2D eigenvalue weighted by Crippen LogP contribution is -2.37. The highest BCUT2D eigenvalue weighted by Crippen LogP contribution is 2.65. The average molecular weight is 635 g/mol. The number of fused-ring (bicyclic) bond motifs is 3. The van der Waals surface area contributed by atoms with Crippen LogP contribution in [-0.4, -0.2) is 78.2 Å². The van der Waals surface area contributed by atoms with Crippen molar-refractivity contribution in [1.29, 1.82) is 0 Å². The van der Waals surface area contributed by atoms with Gasteiger partial charge in [-0.2, -0.15) is 18.3 Å². The molecule has 7 rings (SSSR count). The van der Waals surface area contributed by atoms with Gasteiger partial charge in [0.2, 0.25) is 5.91 Å². The summed E-state index contributed by atoms with van der Waals surface area (Å²) in [6.45, 7) is 4.82. The van der Waals surface area contributed by atoms with Gasteiger partial charge in [-0.1, -0.05) is 42.5 Å². The van der Waals surface area contributed by atoms with Crippen LogP contribution in [0.2, 0.25) is 0 Å². The topological polar surface area (TPSA) is 117 Å². The van der Waals surface area contributed by atoms with Gasteiger partial charge in [-0.3, -0.25) is 14.8 Å². The third kappa shape index (κ3) is 6.35. The van der Waals surface area contributed by atoms with Gasteiger partial charge < -0.3 is 19.9 Å². The van der Waals surface area contributed by atoms with E-state index in [1.54, 1.807) is 7.11 Å². The summed E-state index contributed by atoms with van der Waals surface area (Å²) in [5.41, 5.74) is 6.98. The third-order valence-electron chi connectivity index (χ3n) is 8.82. The number of alkyl halides is 3. The molecule has 3 N–H and O–H groups in total. The quantitative estimate of drug-likeness (QED) is 0.241. The molecule has 3 heterocycles. The molecule has 3 aliphatic rings. The molecule has 240 valence electrons. The number of nitrogens with one attached hydrogen (secondary N) is 2. The minimum atomic E-state index is -5.08. The average Bonchev–Trinajstić information content (AvgIpc) is 3.60. The normalized spacial score (nSPS) is 20.8. The zero-order valence-electron chi connectivity index (χ0n) is 25.1. The van der Waals surface area contributed by atoms with Gasteiger partial charge in [-0.25, -0.2) is 4.79 Å². The van der Waals surface area contributed by atoms with Crippen LogP contribution in [0.15, 0.2) is 60.7 Å². The predicted octanol–water partition coefficient (Wildman–Crippen LogP) is 5.63. The fraction of sp³-hybridized carbons (Fsp3) is 0.324. The Labute approximate surface area is 263 Å². The number of rotatable bonds is 7. The van der Waals surface area contributed by atoms with E-state index in [2.05, 4.69) is 75.0 Å². The van der Waals surface area contributed by atoms with Crippen molar-refractivity contribution in [2.24, 2.45) is 0 Å². The molecule has 3 aromatic carbocycles. The molecule has 4 aromatic rings. The zero-order valence-corrected chi connectivity index (χ0v) is 25.1. The maximum atomic E-state index is 13.0. The molecule has 1 amide bonds. The standard InChI is InChI=1S/C32H32N4O3.C2HF3O2/c1-38-24-8-11-29-26(19-24)32(31(37)33-29)20-27(32)23-7-9-25-28(34-35-30(25)18-23)10-6-21-2-4-22(5-3-21)12-13-36-14-16-39-17-15-36;3-2(4,5)1(6)7/h2-11,18-19,27H,12-17,20H2,1H3,(H,33,37)(H,34,35);(H,6,7)/b10-6+;. The van der Waals surface area contributed by atoms with Crippen LogP contribution in [0, 0.1) is 0 Å². The van der Waals surface area contributed by atoms with Gasteiger partial charge in [0.05, 0.1) is 36.9 Å². The Hall–Kier alpha value is -4.68. The summed E-state index contributed by atoms with van der Waals surface area (Å²) >= 11 is 0. The number of halogens is 3. The molecule has 0 radical (unpaired) electrons. The smallest absolute Gasteiger partial charge is 0.490 e. The van der Waals surface area contributed by atoms with Crippen LogP contribution in [0.25, 0.3) is 23.1 Å². The number of aromatic nitrogens is 2. The Bertz CT molecular complexity index is 1780. The number of carboxylic acids is 1. The monoisotopic (exact) mass is 634 g/mol. The van der Waals surface area contributed by atoms with Crippen molar-refractivity contribution in [2.75, 3.05) is 45.3 Å². The van der Waals surface area contributed by atoms with Crippen molar-refractivity contribution < 1.29 is 37.3 Å². The largest absolute Gasteiger partial charge is 0.497 e. The molecule has 46 heavy (non-hydrogen) atoms. The fourth-order valence-electron chi connectivity index (χ4n) is 6.18. The number of aromatic amines is 1. The number of methoxy groups -OCH3 is 1. The summed E-state index contributed by atoms with van der Waals surface area (Å²) in [5.74, 6) is -1.76. The van der Waals surface area contributed by atoms with Crippen LogP contribution in [0.4, 0.5) is 18.9 Å². The number of aliphatic carboxylic acids is 1. The van der Waals surface area contributed by atoms with Gasteiger partial charge in [0, 0.05) is 36.6 Å². The summed E-state index contributed by atoms with van der Waals surface area (Å²) in [4.78, 5) is 24.4. The highest BCUT2D eigenvalue weighted by Gasteiger charge is 2.65. The molecule has 1 saturated heterocycles. The number of carboxylic acid groups (broad SMARTS) is 1. The molecule has 0 bridgehead atoms. The van der Waals surface area contributed by atoms with E-state index in [1.165, 1.54) is 5.56 Å². The van der Waals surface area contributed by atoms with E-state index >= 15 is 0 Å². The number of carbonyl (C=O) groups is 2. The number of benzene rings is 3. The van der Waals surface area contributed by atoms with E-state index in [0.717, 1.165) is 90.4 Å². The van der Waals surface area contributed by atoms with Gasteiger partial charge >= 0.3 is 12.1 Å². The molecular formula is C34H33F3N4O5. The Morgan fingerprint density at radius 2 is 1.85 bits per heavy atom. The number of carbonyl (C=O) groups excluding carboxylic acids is 1. The second-order valence-electron chi connectivity index (χ2n) is 11.6. The Balaban J connectivity index is 0.000000480. The first kappa shape index (κ1) is 31.3. The van der Waals surface area contributed by atoms with Crippen molar-refractivity contribution in [1.82, 2.24) is 15.1 Å². The maximum Gasteiger partial charge on any atom is 0.490 e. The van der Waals surface area contributed by atoms with E-state index in [9.17, 15) is 18.0 Å². The van der Waals surface area contributed by atoms with Gasteiger partial charge in [0.1, 0.15) is 5.75 Å². The lowest BCUT2D eigenvalue weighted by Gasteiger charge is -2.26. The van der Waals surface area contributed by atoms with E-state index in [0.29, 0.717) is 0 Å². The van der Waals surface area contributed by atoms with Crippen molar-refractivity contribution in [2.45, 2.75) is 30.4 Å². The third-order valence-corrected chi connectivity index (χ3v) is 8.82. The van der Waals surface area contributed by atoms with E-state index in [4.69, 9.17) is 19.4 Å². The first-order valence-electron chi connectivity index (χ1n) is 14.9. The molecular weight excluding hydrogens is 601 g/mol. The number of ether oxygens (including phenoxy) is 2. The Morgan fingerprint density at radius 1 is 1.11 bits per heavy atom. The van der Waals surface area contributed by atoms with Gasteiger partial charge in [-0.15, -0.1) is 0 Å². The number of H-pyrrole nitrogens is 1. The van der Waals surface area contributed by atoms with E-state index < -0.39 is 17.6 Å². The molecule has 1 aliphatic carbocycles. The molecule has 9 nitrogen and oxygen atoms in total. The summed E-state index contributed by atoms with van der Waals surface area (Å²) in [7, 11) is 1.66. The molecule has 2 fully saturated rings. The van der Waals surface area contributed by atoms with Crippen LogP contribution in [-0.2, 0) is 26.2 Å². The molecule has 1 saturated carbocycles. The highest BCUT2D eigenvalue weighted by molar-refractivity contribution is 6.10. The first-order valence-corrected chi connectivity index (χ1v) is 14.9. The predicted molar refractivity (Wildman–Crippen MR) is 167 cm³/mol. The maximum absolute atomic E-state index is 13.0. The molecule has 1 aromatic heterocycles. The number of morpholine rings is 1. The summed E-state index contributed by atoms with van der Waals surface area (Å²) < 4.78 is 42.6.